The minimum Gasteiger partial charge on any atom is -0.503 e. The summed E-state index contributed by atoms with van der Waals surface area (Å²) in [5.74, 6) is -1.99. The Morgan fingerprint density at radius 3 is 2.62 bits per heavy atom. The first-order chi connectivity index (χ1) is 15.3. The molecule has 1 N–H and O–H groups in total. The Morgan fingerprint density at radius 1 is 1.19 bits per heavy atom. The molecule has 0 radical (unpaired) electrons. The van der Waals surface area contributed by atoms with Crippen LogP contribution in [0.2, 0.25) is 5.02 Å². The largest absolute Gasteiger partial charge is 0.503 e. The number of aryl methyl sites for hydroxylation is 1. The Hall–Kier alpha value is -3.49. The van der Waals surface area contributed by atoms with E-state index in [0.29, 0.717) is 26.6 Å². The third-order valence-corrected chi connectivity index (χ3v) is 6.42. The van der Waals surface area contributed by atoms with Gasteiger partial charge in [-0.2, -0.15) is 0 Å². The maximum Gasteiger partial charge on any atom is 0.296 e. The van der Waals surface area contributed by atoms with Crippen LogP contribution in [0.5, 0.6) is 0 Å². The van der Waals surface area contributed by atoms with Gasteiger partial charge in [-0.1, -0.05) is 35.1 Å². The van der Waals surface area contributed by atoms with Gasteiger partial charge in [0, 0.05) is 5.02 Å². The average molecular weight is 469 g/mol. The first kappa shape index (κ1) is 20.4. The monoisotopic (exact) mass is 468 g/mol. The summed E-state index contributed by atoms with van der Waals surface area (Å²) in [6.07, 6.45) is 0. The number of ketones is 1. The van der Waals surface area contributed by atoms with Crippen molar-refractivity contribution in [3.63, 3.8) is 0 Å². The molecule has 9 heteroatoms. The highest BCUT2D eigenvalue weighted by Crippen LogP contribution is 2.44. The van der Waals surface area contributed by atoms with Crippen LogP contribution >= 0.6 is 22.9 Å². The van der Waals surface area contributed by atoms with Gasteiger partial charge in [0.05, 0.1) is 21.8 Å². The first-order valence-electron chi connectivity index (χ1n) is 9.53. The van der Waals surface area contributed by atoms with Crippen LogP contribution in [0.1, 0.15) is 27.9 Å². The van der Waals surface area contributed by atoms with Crippen LogP contribution in [0.4, 0.5) is 9.52 Å². The predicted octanol–water partition coefficient (Wildman–Crippen LogP) is 5.77. The number of fused-ring (bicyclic) bond motifs is 1. The number of aliphatic hydroxyl groups is 1. The number of carbonyl (C=O) groups is 2. The molecule has 160 valence electrons. The van der Waals surface area contributed by atoms with E-state index in [-0.39, 0.29) is 16.5 Å². The molecule has 1 amide bonds. The lowest BCUT2D eigenvalue weighted by Gasteiger charge is -2.24. The number of thiazole rings is 1. The van der Waals surface area contributed by atoms with Crippen molar-refractivity contribution in [1.82, 2.24) is 4.98 Å². The van der Waals surface area contributed by atoms with Crippen molar-refractivity contribution >= 4 is 50.0 Å². The Bertz CT molecular complexity index is 1420. The van der Waals surface area contributed by atoms with Gasteiger partial charge in [0.15, 0.2) is 16.7 Å². The highest BCUT2D eigenvalue weighted by molar-refractivity contribution is 7.22. The molecule has 2 aromatic carbocycles. The first-order valence-corrected chi connectivity index (χ1v) is 10.7. The van der Waals surface area contributed by atoms with Crippen LogP contribution in [0.3, 0.4) is 0 Å². The SMILES string of the molecule is Cc1ccc(C(=O)C2=C(O)C(=O)N(c3nc4ccc(F)cc4s3)[C@@H]2c2ccc(Cl)cc2)o1. The predicted molar refractivity (Wildman–Crippen MR) is 119 cm³/mol. The number of hydrogen-bond donors (Lipinski definition) is 1. The number of halogens is 2. The zero-order valence-corrected chi connectivity index (χ0v) is 18.1. The maximum absolute atomic E-state index is 13.7. The highest BCUT2D eigenvalue weighted by Gasteiger charge is 2.46. The molecule has 32 heavy (non-hydrogen) atoms. The van der Waals surface area contributed by atoms with E-state index in [9.17, 15) is 19.1 Å². The van der Waals surface area contributed by atoms with Gasteiger partial charge in [0.1, 0.15) is 11.6 Å². The average Bonchev–Trinajstić information content (AvgIpc) is 3.44. The number of amides is 1. The number of aliphatic hydroxyl groups excluding tert-OH is 1. The minimum absolute atomic E-state index is 0.00374. The molecule has 0 saturated heterocycles. The van der Waals surface area contributed by atoms with E-state index >= 15 is 0 Å². The number of benzene rings is 2. The van der Waals surface area contributed by atoms with E-state index < -0.39 is 29.3 Å². The third-order valence-electron chi connectivity index (χ3n) is 5.15. The second kappa shape index (κ2) is 7.58. The Morgan fingerprint density at radius 2 is 1.94 bits per heavy atom. The van der Waals surface area contributed by atoms with Crippen LogP contribution in [0.15, 0.2) is 70.3 Å². The second-order valence-corrected chi connectivity index (χ2v) is 8.68. The van der Waals surface area contributed by atoms with Crippen molar-refractivity contribution in [2.45, 2.75) is 13.0 Å². The number of hydrogen-bond acceptors (Lipinski definition) is 6. The Labute approximate surface area is 190 Å². The van der Waals surface area contributed by atoms with Crippen LogP contribution in [-0.2, 0) is 4.79 Å². The highest BCUT2D eigenvalue weighted by atomic mass is 35.5. The molecule has 2 aromatic heterocycles. The summed E-state index contributed by atoms with van der Waals surface area (Å²) in [5.41, 5.74) is 0.913. The number of Topliss-reactive ketones (excluding diaryl/α,β-unsaturated/α-hetero) is 1. The van der Waals surface area contributed by atoms with Crippen molar-refractivity contribution < 1.29 is 23.5 Å². The Kier molecular flexibility index (Phi) is 4.83. The van der Waals surface area contributed by atoms with E-state index in [1.54, 1.807) is 37.3 Å². The fourth-order valence-corrected chi connectivity index (χ4v) is 4.82. The number of anilines is 1. The fourth-order valence-electron chi connectivity index (χ4n) is 3.67. The minimum atomic E-state index is -0.969. The smallest absolute Gasteiger partial charge is 0.296 e. The van der Waals surface area contributed by atoms with Gasteiger partial charge in [-0.3, -0.25) is 14.5 Å². The number of nitrogens with zero attached hydrogens (tertiary/aromatic N) is 2. The maximum atomic E-state index is 13.7. The molecular weight excluding hydrogens is 455 g/mol. The topological polar surface area (TPSA) is 83.6 Å². The summed E-state index contributed by atoms with van der Waals surface area (Å²) in [7, 11) is 0. The molecule has 0 spiro atoms. The van der Waals surface area contributed by atoms with Crippen LogP contribution in [0.25, 0.3) is 10.2 Å². The third kappa shape index (κ3) is 3.28. The van der Waals surface area contributed by atoms with Crippen LogP contribution in [-0.4, -0.2) is 21.8 Å². The Balaban J connectivity index is 1.68. The quantitative estimate of drug-likeness (QED) is 0.384. The lowest BCUT2D eigenvalue weighted by molar-refractivity contribution is -0.117. The molecule has 3 heterocycles. The van der Waals surface area contributed by atoms with Gasteiger partial charge in [-0.25, -0.2) is 9.37 Å². The van der Waals surface area contributed by atoms with Gasteiger partial charge >= 0.3 is 0 Å². The van der Waals surface area contributed by atoms with E-state index in [1.165, 1.54) is 29.2 Å². The van der Waals surface area contributed by atoms with Crippen LogP contribution in [0, 0.1) is 12.7 Å². The lowest BCUT2D eigenvalue weighted by Crippen LogP contribution is -2.30. The molecule has 0 saturated carbocycles. The molecule has 1 aliphatic rings. The molecule has 1 aliphatic heterocycles. The lowest BCUT2D eigenvalue weighted by atomic mass is 9.95. The molecule has 4 aromatic rings. The standard InChI is InChI=1S/C23H14ClFN2O4S/c1-11-2-9-16(31-11)20(28)18-19(12-3-5-13(24)6-4-12)27(22(30)21(18)29)23-26-15-8-7-14(25)10-17(15)32-23/h2-10,19,29H,1H3/t19-/m1/s1. The fraction of sp³-hybridized carbons (Fsp3) is 0.0870. The molecule has 1 atom stereocenters. The van der Waals surface area contributed by atoms with Gasteiger partial charge in [-0.15, -0.1) is 0 Å². The van der Waals surface area contributed by atoms with Crippen molar-refractivity contribution in [3.05, 3.63) is 93.9 Å². The number of carbonyl (C=O) groups excluding carboxylic acids is 2. The zero-order valence-electron chi connectivity index (χ0n) is 16.5. The molecule has 0 unspecified atom stereocenters. The van der Waals surface area contributed by atoms with Gasteiger partial charge in [0.25, 0.3) is 5.91 Å². The van der Waals surface area contributed by atoms with Crippen molar-refractivity contribution in [2.24, 2.45) is 0 Å². The molecule has 5 rings (SSSR count). The molecule has 0 fully saturated rings. The van der Waals surface area contributed by atoms with Crippen molar-refractivity contribution in [2.75, 3.05) is 4.90 Å². The van der Waals surface area contributed by atoms with Gasteiger partial charge < -0.3 is 9.52 Å². The van der Waals surface area contributed by atoms with E-state index in [0.717, 1.165) is 11.3 Å². The molecule has 0 aliphatic carbocycles. The van der Waals surface area contributed by atoms with E-state index in [1.807, 2.05) is 0 Å². The van der Waals surface area contributed by atoms with Gasteiger partial charge in [-0.05, 0) is 55.0 Å². The summed E-state index contributed by atoms with van der Waals surface area (Å²) in [5, 5.41) is 11.4. The molecule has 0 bridgehead atoms. The van der Waals surface area contributed by atoms with E-state index in [2.05, 4.69) is 4.98 Å². The molecule has 6 nitrogen and oxygen atoms in total. The van der Waals surface area contributed by atoms with Crippen molar-refractivity contribution in [3.8, 4) is 0 Å². The van der Waals surface area contributed by atoms with Gasteiger partial charge in [0.2, 0.25) is 5.78 Å². The summed E-state index contributed by atoms with van der Waals surface area (Å²) >= 11 is 7.11. The number of rotatable bonds is 4. The molecular formula is C23H14ClFN2O4S. The summed E-state index contributed by atoms with van der Waals surface area (Å²) in [6, 6.07) is 12.8. The van der Waals surface area contributed by atoms with Crippen molar-refractivity contribution in [1.29, 1.82) is 0 Å². The summed E-state index contributed by atoms with van der Waals surface area (Å²) in [4.78, 5) is 32.1. The summed E-state index contributed by atoms with van der Waals surface area (Å²) in [6.45, 7) is 1.69. The van der Waals surface area contributed by atoms with E-state index in [4.69, 9.17) is 16.0 Å². The van der Waals surface area contributed by atoms with Crippen LogP contribution < -0.4 is 4.90 Å². The second-order valence-electron chi connectivity index (χ2n) is 7.24. The number of furan rings is 1. The summed E-state index contributed by atoms with van der Waals surface area (Å²) < 4.78 is 19.7. The normalized spacial score (nSPS) is 16.4. The number of aromatic nitrogens is 1. The zero-order chi connectivity index (χ0) is 22.6.